The number of carbonyl (C=O) groups excluding carboxylic acids is 1. The smallest absolute Gasteiger partial charge is 0.258 e. The molecule has 1 N–H and O–H groups in total. The van der Waals surface area contributed by atoms with Gasteiger partial charge in [0.15, 0.2) is 0 Å². The highest BCUT2D eigenvalue weighted by molar-refractivity contribution is 6.32. The van der Waals surface area contributed by atoms with Crippen LogP contribution in [0, 0.1) is 5.82 Å². The van der Waals surface area contributed by atoms with Crippen LogP contribution in [-0.2, 0) is 0 Å². The zero-order valence-electron chi connectivity index (χ0n) is 10.4. The number of anilines is 1. The summed E-state index contributed by atoms with van der Waals surface area (Å²) in [5.74, 6) is -0.780. The number of methoxy groups -OCH3 is 1. The molecule has 0 aliphatic heterocycles. The predicted molar refractivity (Wildman–Crippen MR) is 77.4 cm³/mol. The summed E-state index contributed by atoms with van der Waals surface area (Å²) in [6.45, 7) is 0. The quantitative estimate of drug-likeness (QED) is 0.912. The van der Waals surface area contributed by atoms with Gasteiger partial charge < -0.3 is 10.1 Å². The molecule has 2 aromatic rings. The van der Waals surface area contributed by atoms with E-state index in [2.05, 4.69) is 5.32 Å². The van der Waals surface area contributed by atoms with Crippen molar-refractivity contribution in [1.29, 1.82) is 0 Å². The first-order valence-corrected chi connectivity index (χ1v) is 6.37. The van der Waals surface area contributed by atoms with Gasteiger partial charge in [-0.05, 0) is 36.4 Å². The Morgan fingerprint density at radius 2 is 1.95 bits per heavy atom. The lowest BCUT2D eigenvalue weighted by Crippen LogP contribution is -2.13. The molecule has 2 rings (SSSR count). The first kappa shape index (κ1) is 14.6. The minimum absolute atomic E-state index is 0.0960. The number of halogens is 3. The van der Waals surface area contributed by atoms with Gasteiger partial charge >= 0.3 is 0 Å². The first-order valence-electron chi connectivity index (χ1n) is 5.61. The number of hydrogen-bond acceptors (Lipinski definition) is 2. The fourth-order valence-corrected chi connectivity index (χ4v) is 2.03. The molecule has 1 amide bonds. The third-order valence-corrected chi connectivity index (χ3v) is 3.12. The molecule has 0 aromatic heterocycles. The van der Waals surface area contributed by atoms with E-state index >= 15 is 0 Å². The van der Waals surface area contributed by atoms with Gasteiger partial charge in [-0.1, -0.05) is 23.2 Å². The number of rotatable bonds is 3. The van der Waals surface area contributed by atoms with Crippen molar-refractivity contribution in [2.75, 3.05) is 12.4 Å². The molecule has 0 radical (unpaired) electrons. The molecule has 0 saturated heterocycles. The molecule has 0 unspecified atom stereocenters. The summed E-state index contributed by atoms with van der Waals surface area (Å²) in [5, 5.41) is 3.13. The van der Waals surface area contributed by atoms with Crippen LogP contribution in [0.15, 0.2) is 36.4 Å². The van der Waals surface area contributed by atoms with E-state index in [-0.39, 0.29) is 10.6 Å². The number of ether oxygens (including phenoxy) is 1. The fraction of sp³-hybridized carbons (Fsp3) is 0.0714. The molecule has 0 spiro atoms. The maximum absolute atomic E-state index is 13.6. The molecule has 0 aliphatic carbocycles. The van der Waals surface area contributed by atoms with E-state index in [4.69, 9.17) is 27.9 Å². The van der Waals surface area contributed by atoms with Crippen LogP contribution in [-0.4, -0.2) is 13.0 Å². The number of carbonyl (C=O) groups is 1. The standard InChI is InChI=1S/C14H10Cl2FNO2/c1-20-13-5-3-9(7-11(13)16)18-14(19)10-4-2-8(15)6-12(10)17/h2-7H,1H3,(H,18,19). The second kappa shape index (κ2) is 6.11. The highest BCUT2D eigenvalue weighted by Crippen LogP contribution is 2.27. The molecule has 2 aromatic carbocycles. The van der Waals surface area contributed by atoms with E-state index in [0.717, 1.165) is 6.07 Å². The van der Waals surface area contributed by atoms with Crippen molar-refractivity contribution >= 4 is 34.8 Å². The Balaban J connectivity index is 2.21. The third-order valence-electron chi connectivity index (χ3n) is 2.59. The molecular formula is C14H10Cl2FNO2. The maximum Gasteiger partial charge on any atom is 0.258 e. The number of benzene rings is 2. The van der Waals surface area contributed by atoms with Gasteiger partial charge in [0.2, 0.25) is 0 Å². The summed E-state index contributed by atoms with van der Waals surface area (Å²) in [6.07, 6.45) is 0. The highest BCUT2D eigenvalue weighted by atomic mass is 35.5. The van der Waals surface area contributed by atoms with Gasteiger partial charge in [0, 0.05) is 10.7 Å². The highest BCUT2D eigenvalue weighted by Gasteiger charge is 2.13. The van der Waals surface area contributed by atoms with Crippen LogP contribution in [0.5, 0.6) is 5.75 Å². The second-order valence-corrected chi connectivity index (χ2v) is 4.77. The van der Waals surface area contributed by atoms with Crippen molar-refractivity contribution in [1.82, 2.24) is 0 Å². The van der Waals surface area contributed by atoms with Gasteiger partial charge in [-0.2, -0.15) is 0 Å². The maximum atomic E-state index is 13.6. The summed E-state index contributed by atoms with van der Waals surface area (Å²) in [7, 11) is 1.49. The van der Waals surface area contributed by atoms with E-state index in [1.54, 1.807) is 12.1 Å². The Kier molecular flexibility index (Phi) is 4.47. The van der Waals surface area contributed by atoms with Gasteiger partial charge in [0.1, 0.15) is 11.6 Å². The number of hydrogen-bond donors (Lipinski definition) is 1. The summed E-state index contributed by atoms with van der Waals surface area (Å²) < 4.78 is 18.6. The second-order valence-electron chi connectivity index (χ2n) is 3.93. The molecule has 3 nitrogen and oxygen atoms in total. The van der Waals surface area contributed by atoms with Crippen molar-refractivity contribution in [3.8, 4) is 5.75 Å². The van der Waals surface area contributed by atoms with Gasteiger partial charge in [-0.25, -0.2) is 4.39 Å². The summed E-state index contributed by atoms with van der Waals surface area (Å²) in [6, 6.07) is 8.58. The topological polar surface area (TPSA) is 38.3 Å². The van der Waals surface area contributed by atoms with Crippen molar-refractivity contribution in [2.45, 2.75) is 0 Å². The molecule has 0 heterocycles. The predicted octanol–water partition coefficient (Wildman–Crippen LogP) is 4.39. The molecule has 0 bridgehead atoms. The average Bonchev–Trinajstić information content (AvgIpc) is 2.38. The van der Waals surface area contributed by atoms with Crippen LogP contribution in [0.3, 0.4) is 0 Å². The van der Waals surface area contributed by atoms with E-state index < -0.39 is 11.7 Å². The first-order chi connectivity index (χ1) is 9.51. The van der Waals surface area contributed by atoms with Gasteiger partial charge in [-0.3, -0.25) is 4.79 Å². The summed E-state index contributed by atoms with van der Waals surface area (Å²) in [5.41, 5.74) is 0.344. The van der Waals surface area contributed by atoms with E-state index in [1.807, 2.05) is 0 Å². The van der Waals surface area contributed by atoms with Crippen molar-refractivity contribution < 1.29 is 13.9 Å². The van der Waals surface area contributed by atoms with E-state index in [1.165, 1.54) is 25.3 Å². The van der Waals surface area contributed by atoms with E-state index in [0.29, 0.717) is 16.5 Å². The van der Waals surface area contributed by atoms with Crippen molar-refractivity contribution in [3.05, 3.63) is 57.8 Å². The Bertz CT molecular complexity index is 662. The third kappa shape index (κ3) is 3.21. The van der Waals surface area contributed by atoms with E-state index in [9.17, 15) is 9.18 Å². The van der Waals surface area contributed by atoms with Crippen LogP contribution in [0.25, 0.3) is 0 Å². The molecule has 0 fully saturated rings. The fourth-order valence-electron chi connectivity index (χ4n) is 1.62. The number of amides is 1. The zero-order chi connectivity index (χ0) is 14.7. The van der Waals surface area contributed by atoms with Crippen molar-refractivity contribution in [3.63, 3.8) is 0 Å². The Hall–Kier alpha value is -1.78. The lowest BCUT2D eigenvalue weighted by molar-refractivity contribution is 0.102. The lowest BCUT2D eigenvalue weighted by atomic mass is 10.2. The Labute approximate surface area is 125 Å². The van der Waals surface area contributed by atoms with Crippen LogP contribution < -0.4 is 10.1 Å². The SMILES string of the molecule is COc1ccc(NC(=O)c2ccc(Cl)cc2F)cc1Cl. The van der Waals surface area contributed by atoms with Gasteiger partial charge in [0.05, 0.1) is 17.7 Å². The molecule has 0 saturated carbocycles. The minimum Gasteiger partial charge on any atom is -0.495 e. The Morgan fingerprint density at radius 1 is 1.20 bits per heavy atom. The average molecular weight is 314 g/mol. The van der Waals surface area contributed by atoms with Gasteiger partial charge in [-0.15, -0.1) is 0 Å². The molecule has 0 aliphatic rings. The molecule has 0 atom stereocenters. The van der Waals surface area contributed by atoms with Crippen LogP contribution in [0.2, 0.25) is 10.0 Å². The molecular weight excluding hydrogens is 304 g/mol. The monoisotopic (exact) mass is 313 g/mol. The van der Waals surface area contributed by atoms with Crippen LogP contribution in [0.4, 0.5) is 10.1 Å². The summed E-state index contributed by atoms with van der Waals surface area (Å²) in [4.78, 5) is 11.9. The minimum atomic E-state index is -0.686. The lowest BCUT2D eigenvalue weighted by Gasteiger charge is -2.08. The largest absolute Gasteiger partial charge is 0.495 e. The Morgan fingerprint density at radius 3 is 2.55 bits per heavy atom. The normalized spacial score (nSPS) is 10.2. The summed E-state index contributed by atoms with van der Waals surface area (Å²) >= 11 is 11.6. The van der Waals surface area contributed by atoms with Crippen LogP contribution >= 0.6 is 23.2 Å². The van der Waals surface area contributed by atoms with Crippen LogP contribution in [0.1, 0.15) is 10.4 Å². The zero-order valence-corrected chi connectivity index (χ0v) is 11.9. The van der Waals surface area contributed by atoms with Gasteiger partial charge in [0.25, 0.3) is 5.91 Å². The molecule has 20 heavy (non-hydrogen) atoms. The molecule has 104 valence electrons. The number of nitrogens with one attached hydrogen (secondary N) is 1. The van der Waals surface area contributed by atoms with Crippen molar-refractivity contribution in [2.24, 2.45) is 0 Å². The molecule has 6 heteroatoms.